The fraction of sp³-hybridized carbons (Fsp3) is 0.448. The third-order valence-corrected chi connectivity index (χ3v) is 8.87. The van der Waals surface area contributed by atoms with E-state index in [0.717, 1.165) is 5.56 Å². The first-order valence-corrected chi connectivity index (χ1v) is 15.7. The Kier molecular flexibility index (Phi) is 10.8. The lowest BCUT2D eigenvalue weighted by Crippen LogP contribution is -2.49. The maximum Gasteiger partial charge on any atom is 0.271 e. The molecule has 2 aromatic heterocycles. The lowest BCUT2D eigenvalue weighted by atomic mass is 10.0. The molecule has 3 atom stereocenters. The molecule has 11 nitrogen and oxygen atoms in total. The van der Waals surface area contributed by atoms with Crippen LogP contribution in [0.15, 0.2) is 41.1 Å². The molecule has 4 rings (SSSR count). The smallest absolute Gasteiger partial charge is 0.271 e. The lowest BCUT2D eigenvalue weighted by Gasteiger charge is -2.26. The zero-order valence-electron chi connectivity index (χ0n) is 24.2. The molecule has 3 heterocycles. The highest BCUT2D eigenvalue weighted by Crippen LogP contribution is 2.27. The molecular formula is C29H37N7O4S2. The van der Waals surface area contributed by atoms with E-state index in [4.69, 9.17) is 0 Å². The third-order valence-electron chi connectivity index (χ3n) is 6.98. The monoisotopic (exact) mass is 611 g/mol. The number of nitrogens with one attached hydrogen (secondary N) is 4. The standard InChI is InChI=1S/C29H37N7O4S2/c1-17(2)24-28-34-21(15-42-28)25(38)31-11-8-12-36(29(40)18(3)30-4)14-23(37)32-20(13-19-9-6-5-7-10-19)27-33-22(16-41-27)26(39)35-24/h5-7,9-10,15-18,20,24,30H,8,11-14H2,1-4H3,(H,31,38)(H,32,37)(H,35,39)/t18-,20-,24-/m0/s1. The second-order valence-corrected chi connectivity index (χ2v) is 12.3. The van der Waals surface area contributed by atoms with Gasteiger partial charge in [0.1, 0.15) is 21.4 Å². The van der Waals surface area contributed by atoms with E-state index in [2.05, 4.69) is 31.2 Å². The van der Waals surface area contributed by atoms with Crippen molar-refractivity contribution < 1.29 is 19.2 Å². The maximum atomic E-state index is 13.4. The predicted octanol–water partition coefficient (Wildman–Crippen LogP) is 2.70. The van der Waals surface area contributed by atoms with Crippen LogP contribution < -0.4 is 21.3 Å². The zero-order chi connectivity index (χ0) is 30.2. The van der Waals surface area contributed by atoms with Crippen LogP contribution in [-0.2, 0) is 16.0 Å². The first-order chi connectivity index (χ1) is 20.2. The van der Waals surface area contributed by atoms with E-state index in [1.54, 1.807) is 24.7 Å². The average Bonchev–Trinajstić information content (AvgIpc) is 3.67. The van der Waals surface area contributed by atoms with Gasteiger partial charge in [-0.1, -0.05) is 44.2 Å². The van der Waals surface area contributed by atoms with Gasteiger partial charge >= 0.3 is 0 Å². The number of carbonyl (C=O) groups excluding carboxylic acids is 4. The highest BCUT2D eigenvalue weighted by molar-refractivity contribution is 7.10. The van der Waals surface area contributed by atoms with Gasteiger partial charge in [0, 0.05) is 23.8 Å². The van der Waals surface area contributed by atoms with Crippen molar-refractivity contribution in [2.45, 2.75) is 51.7 Å². The van der Waals surface area contributed by atoms with Crippen LogP contribution in [-0.4, -0.2) is 71.2 Å². The minimum atomic E-state index is -0.506. The molecule has 0 fully saturated rings. The number of hydrogen-bond acceptors (Lipinski definition) is 9. The van der Waals surface area contributed by atoms with Gasteiger partial charge in [-0.05, 0) is 38.3 Å². The molecule has 42 heavy (non-hydrogen) atoms. The number of carbonyl (C=O) groups is 4. The van der Waals surface area contributed by atoms with Crippen LogP contribution >= 0.6 is 22.7 Å². The van der Waals surface area contributed by atoms with Crippen molar-refractivity contribution in [3.63, 3.8) is 0 Å². The molecule has 1 aliphatic rings. The summed E-state index contributed by atoms with van der Waals surface area (Å²) < 4.78 is 0. The van der Waals surface area contributed by atoms with Crippen molar-refractivity contribution in [1.82, 2.24) is 36.1 Å². The summed E-state index contributed by atoms with van der Waals surface area (Å²) in [6, 6.07) is 8.30. The SMILES string of the molecule is CN[C@@H](C)C(=O)N1CCCNC(=O)c2csc(n2)[C@H](C(C)C)NC(=O)c2csc(n2)[C@H](Cc2ccccc2)NC(=O)C1. The van der Waals surface area contributed by atoms with Gasteiger partial charge in [-0.3, -0.25) is 19.2 Å². The number of aromatic nitrogens is 2. The van der Waals surface area contributed by atoms with E-state index >= 15 is 0 Å². The number of nitrogens with zero attached hydrogens (tertiary/aromatic N) is 3. The molecule has 1 aromatic carbocycles. The first kappa shape index (κ1) is 31.3. The molecule has 1 aliphatic heterocycles. The minimum Gasteiger partial charge on any atom is -0.351 e. The van der Waals surface area contributed by atoms with Crippen LogP contribution in [0.25, 0.3) is 0 Å². The molecule has 0 unspecified atom stereocenters. The molecule has 224 valence electrons. The Labute approximate surface area is 253 Å². The van der Waals surface area contributed by atoms with Gasteiger partial charge < -0.3 is 26.2 Å². The average molecular weight is 612 g/mol. The van der Waals surface area contributed by atoms with E-state index in [1.165, 1.54) is 27.6 Å². The van der Waals surface area contributed by atoms with Crippen LogP contribution in [0.4, 0.5) is 0 Å². The summed E-state index contributed by atoms with van der Waals surface area (Å²) in [5.74, 6) is -1.25. The van der Waals surface area contributed by atoms with E-state index in [-0.39, 0.29) is 54.0 Å². The molecule has 3 aromatic rings. The van der Waals surface area contributed by atoms with Crippen molar-refractivity contribution in [3.05, 3.63) is 68.1 Å². The van der Waals surface area contributed by atoms with Crippen molar-refractivity contribution in [1.29, 1.82) is 0 Å². The summed E-state index contributed by atoms with van der Waals surface area (Å²) in [6.07, 6.45) is 0.913. The highest BCUT2D eigenvalue weighted by Gasteiger charge is 2.28. The Balaban J connectivity index is 1.67. The van der Waals surface area contributed by atoms with Gasteiger partial charge in [0.15, 0.2) is 0 Å². The number of amides is 4. The molecule has 4 amide bonds. The third kappa shape index (κ3) is 7.99. The number of benzene rings is 1. The lowest BCUT2D eigenvalue weighted by molar-refractivity contribution is -0.137. The summed E-state index contributed by atoms with van der Waals surface area (Å²) in [5, 5.41) is 16.4. The van der Waals surface area contributed by atoms with Gasteiger partial charge in [0.2, 0.25) is 11.8 Å². The fourth-order valence-electron chi connectivity index (χ4n) is 4.51. The van der Waals surface area contributed by atoms with E-state index in [1.807, 2.05) is 44.2 Å². The molecule has 0 saturated heterocycles. The highest BCUT2D eigenvalue weighted by atomic mass is 32.1. The summed E-state index contributed by atoms with van der Waals surface area (Å²) in [6.45, 7) is 6.10. The molecule has 4 bridgehead atoms. The summed E-state index contributed by atoms with van der Waals surface area (Å²) in [4.78, 5) is 63.2. The Morgan fingerprint density at radius 3 is 2.36 bits per heavy atom. The second-order valence-electron chi connectivity index (χ2n) is 10.5. The summed E-state index contributed by atoms with van der Waals surface area (Å²) in [7, 11) is 1.69. The van der Waals surface area contributed by atoms with Gasteiger partial charge in [-0.25, -0.2) is 9.97 Å². The molecule has 0 spiro atoms. The quantitative estimate of drug-likeness (QED) is 0.347. The minimum absolute atomic E-state index is 0.0110. The van der Waals surface area contributed by atoms with Crippen LogP contribution in [0.5, 0.6) is 0 Å². The summed E-state index contributed by atoms with van der Waals surface area (Å²) >= 11 is 2.61. The number of likely N-dealkylation sites (N-methyl/N-ethyl adjacent to an activating group) is 1. The van der Waals surface area contributed by atoms with Gasteiger partial charge in [0.05, 0.1) is 24.7 Å². The molecule has 13 heteroatoms. The van der Waals surface area contributed by atoms with Crippen LogP contribution in [0, 0.1) is 5.92 Å². The predicted molar refractivity (Wildman–Crippen MR) is 162 cm³/mol. The molecule has 4 N–H and O–H groups in total. The second kappa shape index (κ2) is 14.5. The molecule has 0 saturated carbocycles. The normalized spacial score (nSPS) is 19.6. The maximum absolute atomic E-state index is 13.4. The molecule has 0 radical (unpaired) electrons. The Morgan fingerprint density at radius 2 is 1.67 bits per heavy atom. The first-order valence-electron chi connectivity index (χ1n) is 14.0. The summed E-state index contributed by atoms with van der Waals surface area (Å²) in [5.41, 5.74) is 1.50. The van der Waals surface area contributed by atoms with Crippen molar-refractivity contribution in [2.75, 3.05) is 26.7 Å². The van der Waals surface area contributed by atoms with E-state index in [9.17, 15) is 19.2 Å². The largest absolute Gasteiger partial charge is 0.351 e. The van der Waals surface area contributed by atoms with E-state index < -0.39 is 18.1 Å². The molecular weight excluding hydrogens is 574 g/mol. The number of thiazole rings is 2. The van der Waals surface area contributed by atoms with Crippen LogP contribution in [0.2, 0.25) is 0 Å². The van der Waals surface area contributed by atoms with Crippen molar-refractivity contribution in [2.24, 2.45) is 5.92 Å². The number of hydrogen-bond donors (Lipinski definition) is 4. The van der Waals surface area contributed by atoms with Crippen molar-refractivity contribution >= 4 is 46.3 Å². The van der Waals surface area contributed by atoms with E-state index in [0.29, 0.717) is 29.4 Å². The van der Waals surface area contributed by atoms with Crippen molar-refractivity contribution in [3.8, 4) is 0 Å². The Bertz CT molecular complexity index is 1390. The Morgan fingerprint density at radius 1 is 1.00 bits per heavy atom. The molecule has 0 aliphatic carbocycles. The van der Waals surface area contributed by atoms with Gasteiger partial charge in [0.25, 0.3) is 11.8 Å². The fourth-order valence-corrected chi connectivity index (χ4v) is 6.38. The number of rotatable bonds is 5. The topological polar surface area (TPSA) is 145 Å². The zero-order valence-corrected chi connectivity index (χ0v) is 25.8. The van der Waals surface area contributed by atoms with Gasteiger partial charge in [-0.2, -0.15) is 0 Å². The Hall–Kier alpha value is -3.68. The van der Waals surface area contributed by atoms with Crippen LogP contribution in [0.3, 0.4) is 0 Å². The number of fused-ring (bicyclic) bond motifs is 4. The van der Waals surface area contributed by atoms with Gasteiger partial charge in [-0.15, -0.1) is 22.7 Å². The van der Waals surface area contributed by atoms with Crippen LogP contribution in [0.1, 0.15) is 75.8 Å².